The van der Waals surface area contributed by atoms with Gasteiger partial charge in [-0.15, -0.1) is 0 Å². The lowest BCUT2D eigenvalue weighted by Gasteiger charge is -2.32. The first-order chi connectivity index (χ1) is 8.58. The number of anilines is 1. The molecule has 0 bridgehead atoms. The van der Waals surface area contributed by atoms with Gasteiger partial charge < -0.3 is 15.2 Å². The van der Waals surface area contributed by atoms with Gasteiger partial charge >= 0.3 is 0 Å². The van der Waals surface area contributed by atoms with Crippen LogP contribution in [-0.2, 0) is 4.74 Å². The molecule has 2 unspecified atom stereocenters. The zero-order valence-electron chi connectivity index (χ0n) is 10.6. The number of aromatic nitrogens is 1. The largest absolute Gasteiger partial charge is 0.473 e. The summed E-state index contributed by atoms with van der Waals surface area (Å²) in [5.74, 6) is 0.403. The molecule has 2 atom stereocenters. The number of ether oxygens (including phenoxy) is 2. The van der Waals surface area contributed by atoms with Crippen molar-refractivity contribution < 1.29 is 9.47 Å². The molecule has 0 spiro atoms. The minimum atomic E-state index is 0.0616. The molecule has 5 nitrogen and oxygen atoms in total. The summed E-state index contributed by atoms with van der Waals surface area (Å²) < 4.78 is 11.4. The molecule has 0 aromatic carbocycles. The van der Waals surface area contributed by atoms with Gasteiger partial charge in [0.15, 0.2) is 0 Å². The van der Waals surface area contributed by atoms with Crippen LogP contribution < -0.4 is 10.5 Å². The highest BCUT2D eigenvalue weighted by molar-refractivity contribution is 5.52. The molecule has 0 aliphatic carbocycles. The lowest BCUT2D eigenvalue weighted by atomic mass is 10.0. The standard InChI is InChI=1S/C13H17N3O2/c1-8-3-11(4-9(2)17-8)18-13-12(15)5-10(6-14)7-16-13/h5,7-9,11H,3-4,15H2,1-2H3. The summed E-state index contributed by atoms with van der Waals surface area (Å²) in [5.41, 5.74) is 6.66. The Morgan fingerprint density at radius 3 is 2.67 bits per heavy atom. The fourth-order valence-electron chi connectivity index (χ4n) is 2.23. The van der Waals surface area contributed by atoms with Crippen molar-refractivity contribution in [1.29, 1.82) is 5.26 Å². The van der Waals surface area contributed by atoms with Crippen LogP contribution in [0.1, 0.15) is 32.3 Å². The summed E-state index contributed by atoms with van der Waals surface area (Å²) in [6.07, 6.45) is 3.54. The van der Waals surface area contributed by atoms with Crippen LogP contribution >= 0.6 is 0 Å². The van der Waals surface area contributed by atoms with Gasteiger partial charge in [0.1, 0.15) is 12.2 Å². The molecular weight excluding hydrogens is 230 g/mol. The van der Waals surface area contributed by atoms with Crippen molar-refractivity contribution in [3.8, 4) is 11.9 Å². The van der Waals surface area contributed by atoms with E-state index in [2.05, 4.69) is 4.98 Å². The molecule has 0 amide bonds. The SMILES string of the molecule is CC1CC(Oc2ncc(C#N)cc2N)CC(C)O1. The van der Waals surface area contributed by atoms with Crippen LogP contribution in [0, 0.1) is 11.3 Å². The summed E-state index contributed by atoms with van der Waals surface area (Å²) in [6, 6.07) is 3.57. The molecule has 2 N–H and O–H groups in total. The summed E-state index contributed by atoms with van der Waals surface area (Å²) in [4.78, 5) is 4.08. The lowest BCUT2D eigenvalue weighted by molar-refractivity contribution is -0.0728. The normalized spacial score (nSPS) is 27.5. The molecule has 1 aromatic heterocycles. The van der Waals surface area contributed by atoms with E-state index < -0.39 is 0 Å². The monoisotopic (exact) mass is 247 g/mol. The summed E-state index contributed by atoms with van der Waals surface area (Å²) in [7, 11) is 0. The van der Waals surface area contributed by atoms with Gasteiger partial charge in [-0.1, -0.05) is 0 Å². The molecule has 1 aliphatic heterocycles. The van der Waals surface area contributed by atoms with Gasteiger partial charge in [0.05, 0.1) is 23.5 Å². The number of rotatable bonds is 2. The number of pyridine rings is 1. The van der Waals surface area contributed by atoms with E-state index in [1.807, 2.05) is 19.9 Å². The number of hydrogen-bond donors (Lipinski definition) is 1. The molecule has 5 heteroatoms. The molecule has 1 saturated heterocycles. The van der Waals surface area contributed by atoms with E-state index in [4.69, 9.17) is 20.5 Å². The topological polar surface area (TPSA) is 81.2 Å². The highest BCUT2D eigenvalue weighted by atomic mass is 16.5. The third kappa shape index (κ3) is 2.90. The lowest BCUT2D eigenvalue weighted by Crippen LogP contribution is -2.36. The summed E-state index contributed by atoms with van der Waals surface area (Å²) >= 11 is 0. The van der Waals surface area contributed by atoms with Gasteiger partial charge in [0.25, 0.3) is 0 Å². The third-order valence-electron chi connectivity index (χ3n) is 2.94. The molecule has 96 valence electrons. The average Bonchev–Trinajstić information content (AvgIpc) is 2.30. The van der Waals surface area contributed by atoms with E-state index in [-0.39, 0.29) is 18.3 Å². The molecule has 18 heavy (non-hydrogen) atoms. The Bertz CT molecular complexity index is 460. The maximum atomic E-state index is 8.74. The molecule has 0 radical (unpaired) electrons. The Morgan fingerprint density at radius 2 is 2.11 bits per heavy atom. The molecule has 1 fully saturated rings. The predicted molar refractivity (Wildman–Crippen MR) is 67.0 cm³/mol. The van der Waals surface area contributed by atoms with E-state index in [9.17, 15) is 0 Å². The number of nitriles is 1. The van der Waals surface area contributed by atoms with Gasteiger partial charge in [-0.3, -0.25) is 0 Å². The maximum absolute atomic E-state index is 8.74. The van der Waals surface area contributed by atoms with Crippen LogP contribution in [0.25, 0.3) is 0 Å². The number of nitrogen functional groups attached to an aromatic ring is 1. The Labute approximate surface area is 107 Å². The highest BCUT2D eigenvalue weighted by Gasteiger charge is 2.26. The smallest absolute Gasteiger partial charge is 0.237 e. The zero-order valence-corrected chi connectivity index (χ0v) is 10.6. The molecule has 2 heterocycles. The van der Waals surface area contributed by atoms with E-state index in [1.165, 1.54) is 6.20 Å². The van der Waals surface area contributed by atoms with Crippen molar-refractivity contribution >= 4 is 5.69 Å². The van der Waals surface area contributed by atoms with Crippen LogP contribution in [0.3, 0.4) is 0 Å². The van der Waals surface area contributed by atoms with Gasteiger partial charge in [-0.2, -0.15) is 5.26 Å². The summed E-state index contributed by atoms with van der Waals surface area (Å²) in [6.45, 7) is 4.06. The second-order valence-corrected chi connectivity index (χ2v) is 4.70. The first-order valence-corrected chi connectivity index (χ1v) is 6.06. The molecule has 1 aliphatic rings. The highest BCUT2D eigenvalue weighted by Crippen LogP contribution is 2.26. The van der Waals surface area contributed by atoms with Crippen molar-refractivity contribution in [3.05, 3.63) is 17.8 Å². The zero-order chi connectivity index (χ0) is 13.1. The fourth-order valence-corrected chi connectivity index (χ4v) is 2.23. The van der Waals surface area contributed by atoms with Crippen LogP contribution in [0.4, 0.5) is 5.69 Å². The molecule has 1 aromatic rings. The van der Waals surface area contributed by atoms with E-state index in [1.54, 1.807) is 6.07 Å². The van der Waals surface area contributed by atoms with Crippen molar-refractivity contribution in [2.45, 2.75) is 45.0 Å². The van der Waals surface area contributed by atoms with Gasteiger partial charge in [-0.05, 0) is 19.9 Å². The average molecular weight is 247 g/mol. The molecular formula is C13H17N3O2. The van der Waals surface area contributed by atoms with Gasteiger partial charge in [-0.25, -0.2) is 4.98 Å². The van der Waals surface area contributed by atoms with Crippen LogP contribution in [0.2, 0.25) is 0 Å². The molecule has 0 saturated carbocycles. The van der Waals surface area contributed by atoms with E-state index in [0.717, 1.165) is 12.8 Å². The van der Waals surface area contributed by atoms with Crippen LogP contribution in [-0.4, -0.2) is 23.3 Å². The van der Waals surface area contributed by atoms with Crippen LogP contribution in [0.5, 0.6) is 5.88 Å². The van der Waals surface area contributed by atoms with E-state index >= 15 is 0 Å². The molecule has 2 rings (SSSR count). The minimum Gasteiger partial charge on any atom is -0.473 e. The first kappa shape index (κ1) is 12.7. The second-order valence-electron chi connectivity index (χ2n) is 4.70. The maximum Gasteiger partial charge on any atom is 0.237 e. The Kier molecular flexibility index (Phi) is 3.68. The van der Waals surface area contributed by atoms with Gasteiger partial charge in [0.2, 0.25) is 5.88 Å². The third-order valence-corrected chi connectivity index (χ3v) is 2.94. The Hall–Kier alpha value is -1.80. The van der Waals surface area contributed by atoms with Crippen molar-refractivity contribution in [3.63, 3.8) is 0 Å². The predicted octanol–water partition coefficient (Wildman–Crippen LogP) is 1.87. The quantitative estimate of drug-likeness (QED) is 0.862. The Balaban J connectivity index is 2.07. The van der Waals surface area contributed by atoms with Crippen molar-refractivity contribution in [2.24, 2.45) is 0 Å². The van der Waals surface area contributed by atoms with Crippen molar-refractivity contribution in [2.75, 3.05) is 5.73 Å². The second kappa shape index (κ2) is 5.23. The van der Waals surface area contributed by atoms with Gasteiger partial charge in [0, 0.05) is 19.0 Å². The summed E-state index contributed by atoms with van der Waals surface area (Å²) in [5, 5.41) is 8.74. The van der Waals surface area contributed by atoms with Crippen molar-refractivity contribution in [1.82, 2.24) is 4.98 Å². The minimum absolute atomic E-state index is 0.0616. The van der Waals surface area contributed by atoms with Crippen LogP contribution in [0.15, 0.2) is 12.3 Å². The number of nitrogens with two attached hydrogens (primary N) is 1. The Morgan fingerprint density at radius 1 is 1.44 bits per heavy atom. The number of nitrogens with zero attached hydrogens (tertiary/aromatic N) is 2. The fraction of sp³-hybridized carbons (Fsp3) is 0.538. The first-order valence-electron chi connectivity index (χ1n) is 6.06. The van der Waals surface area contributed by atoms with E-state index in [0.29, 0.717) is 17.1 Å². The number of hydrogen-bond acceptors (Lipinski definition) is 5.